The first-order valence-electron chi connectivity index (χ1n) is 16.7. The van der Waals surface area contributed by atoms with Gasteiger partial charge in [0.1, 0.15) is 6.10 Å². The topological polar surface area (TPSA) is 198 Å². The van der Waals surface area contributed by atoms with E-state index in [0.29, 0.717) is 37.7 Å². The minimum Gasteiger partial charge on any atom is -0.481 e. The predicted octanol–water partition coefficient (Wildman–Crippen LogP) is 5.32. The summed E-state index contributed by atoms with van der Waals surface area (Å²) in [6, 6.07) is -1.55. The molecule has 256 valence electrons. The van der Waals surface area contributed by atoms with E-state index in [2.05, 4.69) is 18.7 Å². The van der Waals surface area contributed by atoms with Gasteiger partial charge in [0, 0.05) is 35.5 Å². The fourth-order valence-corrected chi connectivity index (χ4v) is 8.54. The van der Waals surface area contributed by atoms with Crippen LogP contribution in [0.5, 0.6) is 0 Å². The second-order valence-electron chi connectivity index (χ2n) is 14.5. The number of ether oxygens (including phenoxy) is 1. The van der Waals surface area contributed by atoms with Crippen LogP contribution in [-0.4, -0.2) is 69.7 Å². The van der Waals surface area contributed by atoms with Crippen LogP contribution in [0.3, 0.4) is 0 Å². The van der Waals surface area contributed by atoms with Crippen LogP contribution in [0, 0.1) is 61.2 Å². The van der Waals surface area contributed by atoms with Gasteiger partial charge in [0.25, 0.3) is 0 Å². The first-order chi connectivity index (χ1) is 21.4. The fourth-order valence-electron chi connectivity index (χ4n) is 8.54. The van der Waals surface area contributed by atoms with Gasteiger partial charge in [0.05, 0.1) is 31.2 Å². The van der Waals surface area contributed by atoms with Crippen molar-refractivity contribution in [2.24, 2.45) is 40.9 Å². The van der Waals surface area contributed by atoms with Gasteiger partial charge in [-0.1, -0.05) is 13.8 Å². The number of carbonyl (C=O) groups excluding carboxylic acids is 1. The predicted molar refractivity (Wildman–Crippen MR) is 158 cm³/mol. The molecule has 14 heteroatoms. The lowest BCUT2D eigenvalue weighted by Gasteiger charge is -2.46. The summed E-state index contributed by atoms with van der Waals surface area (Å²) in [7, 11) is 0. The maximum absolute atomic E-state index is 12.9. The molecule has 0 heterocycles. The van der Waals surface area contributed by atoms with Crippen LogP contribution in [0.25, 0.3) is 0 Å². The van der Waals surface area contributed by atoms with E-state index in [0.717, 1.165) is 51.4 Å². The van der Waals surface area contributed by atoms with Crippen molar-refractivity contribution < 1.29 is 49.2 Å². The van der Waals surface area contributed by atoms with Crippen LogP contribution in [0.1, 0.15) is 104 Å². The Hall–Kier alpha value is -2.42. The SMILES string of the molecule is CC(C)(C1CCC(OOCC2CCC([N+](=O)[O-])CC2COO)CC1)C1CCC(OC(=O)C2CCC([N+](=O)[O-])CC2C(=O)O)CC1. The molecule has 14 nitrogen and oxygen atoms in total. The van der Waals surface area contributed by atoms with Gasteiger partial charge in [-0.15, -0.1) is 0 Å². The molecule has 45 heavy (non-hydrogen) atoms. The summed E-state index contributed by atoms with van der Waals surface area (Å²) in [5.41, 5.74) is 0.0866. The van der Waals surface area contributed by atoms with Gasteiger partial charge < -0.3 is 9.84 Å². The molecule has 0 amide bonds. The van der Waals surface area contributed by atoms with Crippen molar-refractivity contribution in [2.75, 3.05) is 13.2 Å². The van der Waals surface area contributed by atoms with Crippen LogP contribution < -0.4 is 0 Å². The Labute approximate surface area is 263 Å². The van der Waals surface area contributed by atoms with Gasteiger partial charge in [0.2, 0.25) is 12.1 Å². The van der Waals surface area contributed by atoms with E-state index in [1.165, 1.54) is 0 Å². The molecule has 0 saturated heterocycles. The van der Waals surface area contributed by atoms with E-state index in [9.17, 15) is 34.9 Å². The van der Waals surface area contributed by atoms with Crippen molar-refractivity contribution in [3.63, 3.8) is 0 Å². The normalized spacial score (nSPS) is 36.2. The van der Waals surface area contributed by atoms with Gasteiger partial charge in [-0.2, -0.15) is 0 Å². The van der Waals surface area contributed by atoms with E-state index >= 15 is 0 Å². The van der Waals surface area contributed by atoms with E-state index in [-0.39, 0.29) is 60.3 Å². The van der Waals surface area contributed by atoms with Crippen molar-refractivity contribution in [3.8, 4) is 0 Å². The monoisotopic (exact) mass is 642 g/mol. The summed E-state index contributed by atoms with van der Waals surface area (Å²) in [5.74, 6) is -2.79. The number of carbonyl (C=O) groups is 2. The average molecular weight is 643 g/mol. The Morgan fingerprint density at radius 3 is 1.84 bits per heavy atom. The molecular formula is C31H50N2O12. The molecule has 0 aromatic rings. The molecule has 4 aliphatic carbocycles. The van der Waals surface area contributed by atoms with E-state index in [1.54, 1.807) is 0 Å². The van der Waals surface area contributed by atoms with Crippen molar-refractivity contribution in [3.05, 3.63) is 20.2 Å². The van der Waals surface area contributed by atoms with Gasteiger partial charge in [-0.3, -0.25) is 35.1 Å². The summed E-state index contributed by atoms with van der Waals surface area (Å²) in [6.45, 7) is 5.00. The Morgan fingerprint density at radius 1 is 0.733 bits per heavy atom. The van der Waals surface area contributed by atoms with Gasteiger partial charge >= 0.3 is 11.9 Å². The third-order valence-electron chi connectivity index (χ3n) is 11.7. The highest BCUT2D eigenvalue weighted by Crippen LogP contribution is 2.49. The van der Waals surface area contributed by atoms with Crippen LogP contribution in [0.2, 0.25) is 0 Å². The standard InChI is InChI=1S/C31H50N2O12/c1-31(2,21-4-10-25(11-5-21)44-30(36)27-14-9-24(33(39)40)16-28(27)29(34)35)22-6-12-26(13-7-22)45-43-18-19-3-8-23(32(37)38)15-20(19)17-42-41/h19-28,41H,3-18H2,1-2H3,(H,34,35). The Bertz CT molecular complexity index is 1020. The molecule has 4 aliphatic rings. The first kappa shape index (κ1) is 35.4. The van der Waals surface area contributed by atoms with E-state index < -0.39 is 40.8 Å². The molecule has 4 fully saturated rings. The fraction of sp³-hybridized carbons (Fsp3) is 0.935. The van der Waals surface area contributed by atoms with Crippen molar-refractivity contribution in [1.29, 1.82) is 0 Å². The molecule has 4 rings (SSSR count). The molecule has 6 atom stereocenters. The number of rotatable bonds is 13. The number of nitro groups is 2. The van der Waals surface area contributed by atoms with Crippen LogP contribution >= 0.6 is 0 Å². The second-order valence-corrected chi connectivity index (χ2v) is 14.5. The van der Waals surface area contributed by atoms with Gasteiger partial charge in [-0.25, -0.2) is 14.7 Å². The molecular weight excluding hydrogens is 592 g/mol. The van der Waals surface area contributed by atoms with Crippen molar-refractivity contribution in [1.82, 2.24) is 0 Å². The Balaban J connectivity index is 1.17. The number of esters is 1. The molecule has 2 N–H and O–H groups in total. The van der Waals surface area contributed by atoms with Crippen molar-refractivity contribution >= 4 is 11.9 Å². The lowest BCUT2D eigenvalue weighted by molar-refractivity contribution is -0.529. The highest BCUT2D eigenvalue weighted by atomic mass is 17.2. The third-order valence-corrected chi connectivity index (χ3v) is 11.7. The minimum atomic E-state index is -1.18. The Kier molecular flexibility index (Phi) is 12.5. The first-order valence-corrected chi connectivity index (χ1v) is 16.7. The van der Waals surface area contributed by atoms with Gasteiger partial charge in [-0.05, 0) is 93.3 Å². The zero-order valence-electron chi connectivity index (χ0n) is 26.5. The van der Waals surface area contributed by atoms with Crippen LogP contribution in [0.4, 0.5) is 0 Å². The lowest BCUT2D eigenvalue weighted by atomic mass is 9.60. The summed E-state index contributed by atoms with van der Waals surface area (Å²) in [4.78, 5) is 62.1. The van der Waals surface area contributed by atoms with Crippen LogP contribution in [-0.2, 0) is 29.0 Å². The molecule has 0 bridgehead atoms. The summed E-state index contributed by atoms with van der Waals surface area (Å²) < 4.78 is 5.79. The number of carboxylic acids is 1. The maximum atomic E-state index is 12.9. The third kappa shape index (κ3) is 9.11. The quantitative estimate of drug-likeness (QED) is 0.114. The molecule has 0 aromatic heterocycles. The molecule has 0 radical (unpaired) electrons. The van der Waals surface area contributed by atoms with Crippen LogP contribution in [0.15, 0.2) is 0 Å². The average Bonchev–Trinajstić information content (AvgIpc) is 3.02. The highest BCUT2D eigenvalue weighted by Gasteiger charge is 2.46. The zero-order valence-corrected chi connectivity index (χ0v) is 26.5. The number of aliphatic carboxylic acids is 1. The van der Waals surface area contributed by atoms with Gasteiger partial charge in [0.15, 0.2) is 0 Å². The second kappa shape index (κ2) is 15.9. The lowest BCUT2D eigenvalue weighted by Crippen LogP contribution is -2.42. The molecule has 6 unspecified atom stereocenters. The smallest absolute Gasteiger partial charge is 0.310 e. The molecule has 0 aliphatic heterocycles. The summed E-state index contributed by atoms with van der Waals surface area (Å²) in [5, 5.41) is 40.9. The number of hydrogen-bond donors (Lipinski definition) is 2. The van der Waals surface area contributed by atoms with Crippen molar-refractivity contribution in [2.45, 2.75) is 128 Å². The highest BCUT2D eigenvalue weighted by molar-refractivity contribution is 5.81. The number of nitrogens with zero attached hydrogens (tertiary/aromatic N) is 2. The molecule has 0 spiro atoms. The van der Waals surface area contributed by atoms with E-state index in [1.807, 2.05) is 0 Å². The Morgan fingerprint density at radius 2 is 1.29 bits per heavy atom. The molecule has 0 aromatic carbocycles. The summed E-state index contributed by atoms with van der Waals surface area (Å²) in [6.07, 6.45) is 8.43. The number of carboxylic acid groups (broad SMARTS) is 1. The maximum Gasteiger partial charge on any atom is 0.310 e. The largest absolute Gasteiger partial charge is 0.481 e. The van der Waals surface area contributed by atoms with E-state index in [4.69, 9.17) is 19.8 Å². The minimum absolute atomic E-state index is 0.00935. The molecule has 4 saturated carbocycles. The zero-order chi connectivity index (χ0) is 32.7. The summed E-state index contributed by atoms with van der Waals surface area (Å²) >= 11 is 0. The number of hydrogen-bond acceptors (Lipinski definition) is 11.